The molecule has 0 saturated carbocycles. The molecule has 20 heavy (non-hydrogen) atoms. The van der Waals surface area contributed by atoms with Crippen molar-refractivity contribution in [3.8, 4) is 11.5 Å². The number of nitrogens with two attached hydrogens (primary N) is 1. The molecule has 1 aromatic rings. The van der Waals surface area contributed by atoms with E-state index in [0.717, 1.165) is 5.56 Å². The second kappa shape index (κ2) is 5.99. The maximum Gasteiger partial charge on any atom is 0.174 e. The van der Waals surface area contributed by atoms with Crippen molar-refractivity contribution in [2.45, 2.75) is 31.7 Å². The SMILES string of the molecule is COc1ccc(C(CN)C2(C)OCC(C)O2)cc1OC. The fourth-order valence-corrected chi connectivity index (χ4v) is 2.66. The van der Waals surface area contributed by atoms with Crippen LogP contribution in [-0.4, -0.2) is 39.3 Å². The van der Waals surface area contributed by atoms with E-state index in [0.29, 0.717) is 24.7 Å². The Hall–Kier alpha value is -1.30. The Labute approximate surface area is 120 Å². The van der Waals surface area contributed by atoms with E-state index >= 15 is 0 Å². The molecule has 0 bridgehead atoms. The van der Waals surface area contributed by atoms with Gasteiger partial charge in [0.15, 0.2) is 17.3 Å². The third-order valence-electron chi connectivity index (χ3n) is 3.72. The molecular weight excluding hydrogens is 258 g/mol. The van der Waals surface area contributed by atoms with Gasteiger partial charge in [0.1, 0.15) is 0 Å². The van der Waals surface area contributed by atoms with Gasteiger partial charge in [-0.1, -0.05) is 6.07 Å². The van der Waals surface area contributed by atoms with Gasteiger partial charge in [0.2, 0.25) is 0 Å². The van der Waals surface area contributed by atoms with Crippen molar-refractivity contribution < 1.29 is 18.9 Å². The normalized spacial score (nSPS) is 27.4. The third-order valence-corrected chi connectivity index (χ3v) is 3.72. The zero-order chi connectivity index (χ0) is 14.8. The molecule has 5 heteroatoms. The summed E-state index contributed by atoms with van der Waals surface area (Å²) in [4.78, 5) is 0. The summed E-state index contributed by atoms with van der Waals surface area (Å²) >= 11 is 0. The van der Waals surface area contributed by atoms with Gasteiger partial charge in [0.25, 0.3) is 0 Å². The second-order valence-electron chi connectivity index (χ2n) is 5.16. The third kappa shape index (κ3) is 2.75. The van der Waals surface area contributed by atoms with Crippen LogP contribution in [0.3, 0.4) is 0 Å². The topological polar surface area (TPSA) is 62.9 Å². The van der Waals surface area contributed by atoms with Gasteiger partial charge in [-0.2, -0.15) is 0 Å². The van der Waals surface area contributed by atoms with Crippen LogP contribution >= 0.6 is 0 Å². The first-order chi connectivity index (χ1) is 9.54. The first kappa shape index (κ1) is 15.1. The highest BCUT2D eigenvalue weighted by molar-refractivity contribution is 5.44. The number of rotatable bonds is 5. The minimum atomic E-state index is -0.701. The van der Waals surface area contributed by atoms with Crippen molar-refractivity contribution in [2.75, 3.05) is 27.4 Å². The van der Waals surface area contributed by atoms with E-state index in [-0.39, 0.29) is 12.0 Å². The summed E-state index contributed by atoms with van der Waals surface area (Å²) in [5.74, 6) is 0.609. The Bertz CT molecular complexity index is 465. The summed E-state index contributed by atoms with van der Waals surface area (Å²) in [5.41, 5.74) is 6.96. The zero-order valence-electron chi connectivity index (χ0n) is 12.5. The molecule has 5 nitrogen and oxygen atoms in total. The molecule has 1 aromatic carbocycles. The molecule has 2 N–H and O–H groups in total. The first-order valence-electron chi connectivity index (χ1n) is 6.77. The number of ether oxygens (including phenoxy) is 4. The van der Waals surface area contributed by atoms with E-state index in [9.17, 15) is 0 Å². The summed E-state index contributed by atoms with van der Waals surface area (Å²) in [5, 5.41) is 0. The highest BCUT2D eigenvalue weighted by atomic mass is 16.7. The van der Waals surface area contributed by atoms with Crippen LogP contribution in [-0.2, 0) is 9.47 Å². The van der Waals surface area contributed by atoms with E-state index in [2.05, 4.69) is 0 Å². The van der Waals surface area contributed by atoms with E-state index in [1.807, 2.05) is 32.0 Å². The Morgan fingerprint density at radius 1 is 1.35 bits per heavy atom. The van der Waals surface area contributed by atoms with E-state index in [4.69, 9.17) is 24.7 Å². The molecule has 2 rings (SSSR count). The molecule has 3 atom stereocenters. The van der Waals surface area contributed by atoms with Gasteiger partial charge in [-0.05, 0) is 31.5 Å². The van der Waals surface area contributed by atoms with Gasteiger partial charge < -0.3 is 24.7 Å². The van der Waals surface area contributed by atoms with E-state index in [1.54, 1.807) is 14.2 Å². The lowest BCUT2D eigenvalue weighted by atomic mass is 9.91. The lowest BCUT2D eigenvalue weighted by Crippen LogP contribution is -2.38. The van der Waals surface area contributed by atoms with Crippen molar-refractivity contribution in [1.29, 1.82) is 0 Å². The van der Waals surface area contributed by atoms with Crippen LogP contribution in [0.4, 0.5) is 0 Å². The fourth-order valence-electron chi connectivity index (χ4n) is 2.66. The van der Waals surface area contributed by atoms with Crippen molar-refractivity contribution in [3.05, 3.63) is 23.8 Å². The van der Waals surface area contributed by atoms with Crippen molar-refractivity contribution in [1.82, 2.24) is 0 Å². The largest absolute Gasteiger partial charge is 0.493 e. The molecule has 1 saturated heterocycles. The lowest BCUT2D eigenvalue weighted by molar-refractivity contribution is -0.167. The van der Waals surface area contributed by atoms with E-state index < -0.39 is 5.79 Å². The first-order valence-corrected chi connectivity index (χ1v) is 6.77. The molecule has 0 spiro atoms. The van der Waals surface area contributed by atoms with Crippen molar-refractivity contribution in [3.63, 3.8) is 0 Å². The molecule has 0 aliphatic carbocycles. The van der Waals surface area contributed by atoms with Crippen LogP contribution in [0.15, 0.2) is 18.2 Å². The Kier molecular flexibility index (Phi) is 4.52. The standard InChI is InChI=1S/C15H23NO4/c1-10-9-19-15(2,20-10)12(8-16)11-5-6-13(17-3)14(7-11)18-4/h5-7,10,12H,8-9,16H2,1-4H3. The molecule has 0 aromatic heterocycles. The van der Waals surface area contributed by atoms with Gasteiger partial charge in [-0.3, -0.25) is 0 Å². The van der Waals surface area contributed by atoms with Gasteiger partial charge in [-0.15, -0.1) is 0 Å². The lowest BCUT2D eigenvalue weighted by Gasteiger charge is -2.32. The monoisotopic (exact) mass is 281 g/mol. The van der Waals surface area contributed by atoms with Crippen LogP contribution in [0.25, 0.3) is 0 Å². The molecular formula is C15H23NO4. The number of benzene rings is 1. The summed E-state index contributed by atoms with van der Waals surface area (Å²) in [6.45, 7) is 4.94. The second-order valence-corrected chi connectivity index (χ2v) is 5.16. The molecule has 0 amide bonds. The molecule has 1 aliphatic rings. The minimum absolute atomic E-state index is 0.0627. The maximum atomic E-state index is 5.95. The summed E-state index contributed by atoms with van der Waals surface area (Å²) in [6.07, 6.45) is 0.0780. The summed E-state index contributed by atoms with van der Waals surface area (Å²) < 4.78 is 22.3. The number of methoxy groups -OCH3 is 2. The molecule has 112 valence electrons. The van der Waals surface area contributed by atoms with Crippen molar-refractivity contribution in [2.24, 2.45) is 5.73 Å². The van der Waals surface area contributed by atoms with Crippen LogP contribution in [0.1, 0.15) is 25.3 Å². The van der Waals surface area contributed by atoms with Gasteiger partial charge in [0, 0.05) is 6.54 Å². The van der Waals surface area contributed by atoms with Crippen LogP contribution < -0.4 is 15.2 Å². The maximum absolute atomic E-state index is 5.95. The fraction of sp³-hybridized carbons (Fsp3) is 0.600. The van der Waals surface area contributed by atoms with Crippen LogP contribution in [0.2, 0.25) is 0 Å². The zero-order valence-corrected chi connectivity index (χ0v) is 12.5. The van der Waals surface area contributed by atoms with Gasteiger partial charge >= 0.3 is 0 Å². The quantitative estimate of drug-likeness (QED) is 0.893. The van der Waals surface area contributed by atoms with Crippen LogP contribution in [0.5, 0.6) is 11.5 Å². The highest BCUT2D eigenvalue weighted by Crippen LogP contribution is 2.39. The Balaban J connectivity index is 2.32. The Morgan fingerprint density at radius 2 is 2.05 bits per heavy atom. The van der Waals surface area contributed by atoms with E-state index in [1.165, 1.54) is 0 Å². The average Bonchev–Trinajstić information content (AvgIpc) is 2.79. The molecule has 1 heterocycles. The van der Waals surface area contributed by atoms with Gasteiger partial charge in [0.05, 0.1) is 32.8 Å². The smallest absolute Gasteiger partial charge is 0.174 e. The summed E-state index contributed by atoms with van der Waals surface area (Å²) in [6, 6.07) is 5.77. The number of hydrogen-bond donors (Lipinski definition) is 1. The predicted octanol–water partition coefficient (Wildman–Crippen LogP) is 1.90. The Morgan fingerprint density at radius 3 is 2.55 bits per heavy atom. The highest BCUT2D eigenvalue weighted by Gasteiger charge is 2.43. The molecule has 3 unspecified atom stereocenters. The molecule has 1 aliphatic heterocycles. The minimum Gasteiger partial charge on any atom is -0.493 e. The summed E-state index contributed by atoms with van der Waals surface area (Å²) in [7, 11) is 3.23. The molecule has 0 radical (unpaired) electrons. The van der Waals surface area contributed by atoms with Gasteiger partial charge in [-0.25, -0.2) is 0 Å². The average molecular weight is 281 g/mol. The number of hydrogen-bond acceptors (Lipinski definition) is 5. The molecule has 1 fully saturated rings. The predicted molar refractivity (Wildman–Crippen MR) is 76.2 cm³/mol. The van der Waals surface area contributed by atoms with Crippen molar-refractivity contribution >= 4 is 0 Å². The van der Waals surface area contributed by atoms with Crippen LogP contribution in [0, 0.1) is 0 Å².